The van der Waals surface area contributed by atoms with Crippen molar-refractivity contribution in [3.8, 4) is 67.0 Å². The quantitative estimate of drug-likeness (QED) is 0.171. The van der Waals surface area contributed by atoms with Crippen LogP contribution in [0.25, 0.3) is 111 Å². The Labute approximate surface area is 330 Å². The molecule has 0 unspecified atom stereocenters. The predicted molar refractivity (Wildman–Crippen MR) is 237 cm³/mol. The molecule has 0 bridgehead atoms. The van der Waals surface area contributed by atoms with Gasteiger partial charge >= 0.3 is 0 Å². The number of pyridine rings is 2. The van der Waals surface area contributed by atoms with Crippen molar-refractivity contribution in [3.05, 3.63) is 207 Å². The smallest absolute Gasteiger partial charge is 0.143 e. The lowest BCUT2D eigenvalue weighted by Gasteiger charge is -2.12. The number of benzene rings is 8. The van der Waals surface area contributed by atoms with Gasteiger partial charge < -0.3 is 4.42 Å². The molecule has 0 fully saturated rings. The van der Waals surface area contributed by atoms with Gasteiger partial charge in [-0.15, -0.1) is 0 Å². The summed E-state index contributed by atoms with van der Waals surface area (Å²) in [4.78, 5) is 9.98. The van der Waals surface area contributed by atoms with Gasteiger partial charge in [0.15, 0.2) is 0 Å². The topological polar surface area (TPSA) is 38.9 Å². The van der Waals surface area contributed by atoms with Crippen molar-refractivity contribution >= 4 is 43.5 Å². The summed E-state index contributed by atoms with van der Waals surface area (Å²) in [5.74, 6) is 0. The highest BCUT2D eigenvalue weighted by atomic mass is 16.3. The molecule has 0 aliphatic carbocycles. The molecule has 0 N–H and O–H groups in total. The zero-order chi connectivity index (χ0) is 37.7. The van der Waals surface area contributed by atoms with Crippen molar-refractivity contribution in [1.82, 2.24) is 9.97 Å². The first-order valence-corrected chi connectivity index (χ1v) is 19.3. The molecule has 0 amide bonds. The van der Waals surface area contributed by atoms with Crippen LogP contribution >= 0.6 is 0 Å². The van der Waals surface area contributed by atoms with E-state index in [1.807, 2.05) is 18.5 Å². The molecule has 0 radical (unpaired) electrons. The molecular weight excluding hydrogens is 693 g/mol. The molecule has 11 rings (SSSR count). The molecule has 0 saturated heterocycles. The zero-order valence-electron chi connectivity index (χ0n) is 30.9. The second-order valence-corrected chi connectivity index (χ2v) is 14.6. The van der Waals surface area contributed by atoms with E-state index in [1.54, 1.807) is 0 Å². The van der Waals surface area contributed by atoms with Crippen molar-refractivity contribution < 1.29 is 4.42 Å². The van der Waals surface area contributed by atoms with Crippen molar-refractivity contribution in [2.75, 3.05) is 0 Å². The fourth-order valence-electron chi connectivity index (χ4n) is 8.18. The Hall–Kier alpha value is -7.62. The third-order valence-electron chi connectivity index (χ3n) is 11.1. The number of nitrogens with zero attached hydrogens (tertiary/aromatic N) is 2. The molecule has 266 valence electrons. The van der Waals surface area contributed by atoms with Gasteiger partial charge in [0.2, 0.25) is 0 Å². The van der Waals surface area contributed by atoms with E-state index in [-0.39, 0.29) is 0 Å². The molecule has 11 aromatic rings. The molecule has 57 heavy (non-hydrogen) atoms. The summed E-state index contributed by atoms with van der Waals surface area (Å²) in [5, 5.41) is 7.04. The van der Waals surface area contributed by atoms with Gasteiger partial charge in [0, 0.05) is 56.5 Å². The normalized spacial score (nSPS) is 11.5. The first-order chi connectivity index (χ1) is 28.2. The van der Waals surface area contributed by atoms with E-state index in [2.05, 4.69) is 188 Å². The largest absolute Gasteiger partial charge is 0.455 e. The Morgan fingerprint density at radius 1 is 0.281 bits per heavy atom. The summed E-state index contributed by atoms with van der Waals surface area (Å²) < 4.78 is 6.88. The van der Waals surface area contributed by atoms with Gasteiger partial charge in [0.05, 0.1) is 11.4 Å². The second-order valence-electron chi connectivity index (χ2n) is 14.6. The van der Waals surface area contributed by atoms with Crippen LogP contribution in [0.2, 0.25) is 0 Å². The van der Waals surface area contributed by atoms with Gasteiger partial charge in [-0.1, -0.05) is 152 Å². The van der Waals surface area contributed by atoms with Crippen LogP contribution in [-0.4, -0.2) is 9.97 Å². The van der Waals surface area contributed by atoms with Gasteiger partial charge in [-0.05, 0) is 86.3 Å². The fraction of sp³-hybridized carbons (Fsp3) is 0. The van der Waals surface area contributed by atoms with Crippen LogP contribution in [0, 0.1) is 0 Å². The maximum atomic E-state index is 6.88. The van der Waals surface area contributed by atoms with Crippen molar-refractivity contribution in [2.24, 2.45) is 0 Å². The highest BCUT2D eigenvalue weighted by molar-refractivity contribution is 6.13. The van der Waals surface area contributed by atoms with Crippen LogP contribution < -0.4 is 0 Å². The number of aromatic nitrogens is 2. The molecule has 3 heteroatoms. The first-order valence-electron chi connectivity index (χ1n) is 19.3. The van der Waals surface area contributed by atoms with E-state index in [9.17, 15) is 0 Å². The highest BCUT2D eigenvalue weighted by Crippen LogP contribution is 2.42. The third kappa shape index (κ3) is 5.94. The summed E-state index contributed by atoms with van der Waals surface area (Å²) in [7, 11) is 0. The van der Waals surface area contributed by atoms with Crippen molar-refractivity contribution in [2.45, 2.75) is 0 Å². The maximum Gasteiger partial charge on any atom is 0.143 e. The summed E-state index contributed by atoms with van der Waals surface area (Å²) in [5.41, 5.74) is 14.3. The van der Waals surface area contributed by atoms with E-state index < -0.39 is 0 Å². The molecule has 8 aromatic carbocycles. The fourth-order valence-corrected chi connectivity index (χ4v) is 8.18. The molecule has 3 nitrogen and oxygen atoms in total. The predicted octanol–water partition coefficient (Wildman–Crippen LogP) is 14.7. The van der Waals surface area contributed by atoms with Crippen LogP contribution in [0.4, 0.5) is 0 Å². The van der Waals surface area contributed by atoms with E-state index >= 15 is 0 Å². The van der Waals surface area contributed by atoms with E-state index in [1.165, 1.54) is 21.5 Å². The molecular formula is C54H34N2O. The van der Waals surface area contributed by atoms with E-state index in [0.29, 0.717) is 0 Å². The Bertz CT molecular complexity index is 3130. The standard InChI is InChI=1S/C54H34N2O/c1-2-12-37(13-3-1)47-16-8-18-49-50-19-9-17-48(54(50)57-53(47)49)46-31-44(42-24-26-51(55-33-42)40-22-20-35-10-4-6-14-38(35)28-40)30-45(32-46)43-25-27-52(56-34-43)41-23-21-36-11-5-7-15-39(36)29-41/h1-34H. The zero-order valence-corrected chi connectivity index (χ0v) is 30.9. The van der Waals surface area contributed by atoms with Crippen LogP contribution in [0.15, 0.2) is 211 Å². The lowest BCUT2D eigenvalue weighted by Crippen LogP contribution is -1.90. The average Bonchev–Trinajstić information content (AvgIpc) is 3.68. The average molecular weight is 727 g/mol. The van der Waals surface area contributed by atoms with E-state index in [0.717, 1.165) is 89.0 Å². The Balaban J connectivity index is 1.04. The van der Waals surface area contributed by atoms with Crippen molar-refractivity contribution in [3.63, 3.8) is 0 Å². The molecule has 0 spiro atoms. The summed E-state index contributed by atoms with van der Waals surface area (Å²) in [6.45, 7) is 0. The van der Waals surface area contributed by atoms with Crippen LogP contribution in [0.5, 0.6) is 0 Å². The molecule has 0 saturated carbocycles. The lowest BCUT2D eigenvalue weighted by atomic mass is 9.93. The second kappa shape index (κ2) is 13.6. The van der Waals surface area contributed by atoms with Gasteiger partial charge in [-0.25, -0.2) is 0 Å². The number of rotatable bonds is 6. The van der Waals surface area contributed by atoms with Gasteiger partial charge in [-0.3, -0.25) is 9.97 Å². The summed E-state index contributed by atoms with van der Waals surface area (Å²) in [6, 6.07) is 68.6. The van der Waals surface area contributed by atoms with Gasteiger partial charge in [-0.2, -0.15) is 0 Å². The number of hydrogen-bond donors (Lipinski definition) is 0. The monoisotopic (exact) mass is 726 g/mol. The highest BCUT2D eigenvalue weighted by Gasteiger charge is 2.17. The summed E-state index contributed by atoms with van der Waals surface area (Å²) >= 11 is 0. The molecule has 3 aromatic heterocycles. The van der Waals surface area contributed by atoms with Gasteiger partial charge in [0.25, 0.3) is 0 Å². The molecule has 0 aliphatic rings. The minimum Gasteiger partial charge on any atom is -0.455 e. The first kappa shape index (κ1) is 32.8. The summed E-state index contributed by atoms with van der Waals surface area (Å²) in [6.07, 6.45) is 3.98. The van der Waals surface area contributed by atoms with Gasteiger partial charge in [0.1, 0.15) is 11.2 Å². The number of para-hydroxylation sites is 2. The minimum atomic E-state index is 0.869. The molecule has 0 aliphatic heterocycles. The maximum absolute atomic E-state index is 6.88. The number of furan rings is 1. The van der Waals surface area contributed by atoms with Crippen LogP contribution in [0.1, 0.15) is 0 Å². The molecule has 3 heterocycles. The SMILES string of the molecule is c1ccc(-c2cccc3c2oc2c(-c4cc(-c5ccc(-c6ccc7ccccc7c6)nc5)cc(-c5ccc(-c6ccc7ccccc7c6)nc5)c4)cccc23)cc1. The van der Waals surface area contributed by atoms with Crippen molar-refractivity contribution in [1.29, 1.82) is 0 Å². The Morgan fingerprint density at radius 2 is 0.737 bits per heavy atom. The Kier molecular flexibility index (Phi) is 7.82. The number of fused-ring (bicyclic) bond motifs is 5. The van der Waals surface area contributed by atoms with E-state index in [4.69, 9.17) is 14.4 Å². The van der Waals surface area contributed by atoms with Crippen LogP contribution in [0.3, 0.4) is 0 Å². The molecule has 0 atom stereocenters. The lowest BCUT2D eigenvalue weighted by molar-refractivity contribution is 0.671. The Morgan fingerprint density at radius 3 is 1.25 bits per heavy atom. The minimum absolute atomic E-state index is 0.869. The number of hydrogen-bond acceptors (Lipinski definition) is 3. The third-order valence-corrected chi connectivity index (χ3v) is 11.1. The van der Waals surface area contributed by atoms with Crippen LogP contribution in [-0.2, 0) is 0 Å².